The second-order valence-electron chi connectivity index (χ2n) is 8.37. The molecule has 0 saturated carbocycles. The average molecular weight is 489 g/mol. The highest BCUT2D eigenvalue weighted by atomic mass is 35.5. The normalized spacial score (nSPS) is 11.7. The number of carbonyl (C=O) groups is 3. The van der Waals surface area contributed by atoms with Crippen LogP contribution in [-0.4, -0.2) is 22.4 Å². The van der Waals surface area contributed by atoms with E-state index in [1.54, 1.807) is 37.3 Å². The number of nitrogens with one attached hydrogen (secondary N) is 3. The summed E-state index contributed by atoms with van der Waals surface area (Å²) >= 11 is 6.13. The van der Waals surface area contributed by atoms with Gasteiger partial charge in [-0.05, 0) is 73.9 Å². The molecule has 7 nitrogen and oxygen atoms in total. The lowest BCUT2D eigenvalue weighted by atomic mass is 10.1. The van der Waals surface area contributed by atoms with Crippen molar-refractivity contribution in [2.24, 2.45) is 0 Å². The van der Waals surface area contributed by atoms with Crippen LogP contribution in [0.5, 0.6) is 0 Å². The Kier molecular flexibility index (Phi) is 6.89. The fourth-order valence-corrected chi connectivity index (χ4v) is 3.91. The minimum absolute atomic E-state index is 0.151. The van der Waals surface area contributed by atoms with Gasteiger partial charge in [0.2, 0.25) is 0 Å². The van der Waals surface area contributed by atoms with Crippen LogP contribution in [-0.2, 0) is 9.59 Å². The third-order valence-electron chi connectivity index (χ3n) is 5.83. The van der Waals surface area contributed by atoms with E-state index in [9.17, 15) is 14.4 Å². The van der Waals surface area contributed by atoms with Gasteiger partial charge in [-0.15, -0.1) is 0 Å². The summed E-state index contributed by atoms with van der Waals surface area (Å²) in [7, 11) is 0. The van der Waals surface area contributed by atoms with Gasteiger partial charge in [0.25, 0.3) is 5.91 Å². The zero-order valence-corrected chi connectivity index (χ0v) is 20.3. The number of benzene rings is 3. The van der Waals surface area contributed by atoms with E-state index in [4.69, 9.17) is 11.6 Å². The number of nitrogens with zero attached hydrogens (tertiary/aromatic N) is 1. The van der Waals surface area contributed by atoms with E-state index in [0.29, 0.717) is 21.6 Å². The Hall–Kier alpha value is -4.10. The van der Waals surface area contributed by atoms with E-state index in [2.05, 4.69) is 16.1 Å². The summed E-state index contributed by atoms with van der Waals surface area (Å²) in [6.07, 6.45) is 0. The molecule has 4 rings (SSSR count). The number of carbonyl (C=O) groups excluding carboxylic acids is 3. The Balaban J connectivity index is 1.60. The molecule has 0 saturated heterocycles. The van der Waals surface area contributed by atoms with E-state index < -0.39 is 17.7 Å². The van der Waals surface area contributed by atoms with Gasteiger partial charge >= 0.3 is 11.8 Å². The molecule has 1 atom stereocenters. The largest absolute Gasteiger partial charge is 0.341 e. The second-order valence-corrected chi connectivity index (χ2v) is 8.80. The average Bonchev–Trinajstić information content (AvgIpc) is 3.19. The number of halogens is 1. The summed E-state index contributed by atoms with van der Waals surface area (Å²) in [5.74, 6) is -2.17. The van der Waals surface area contributed by atoms with Crippen LogP contribution >= 0.6 is 11.6 Å². The fraction of sp³-hybridized carbons (Fsp3) is 0.148. The zero-order valence-electron chi connectivity index (χ0n) is 19.6. The van der Waals surface area contributed by atoms with Gasteiger partial charge in [-0.1, -0.05) is 48.0 Å². The number of amides is 3. The molecule has 8 heteroatoms. The molecule has 0 aliphatic heterocycles. The first-order valence-electron chi connectivity index (χ1n) is 11.1. The van der Waals surface area contributed by atoms with Crippen LogP contribution in [0.25, 0.3) is 10.9 Å². The van der Waals surface area contributed by atoms with Crippen LogP contribution in [0.2, 0.25) is 5.02 Å². The molecule has 0 bridgehead atoms. The molecular formula is C27H25ClN4O3. The number of hydrogen-bond donors (Lipinski definition) is 3. The molecular weight excluding hydrogens is 464 g/mol. The molecule has 4 aromatic rings. The van der Waals surface area contributed by atoms with Crippen molar-refractivity contribution in [1.29, 1.82) is 0 Å². The third-order valence-corrected chi connectivity index (χ3v) is 6.06. The molecule has 35 heavy (non-hydrogen) atoms. The predicted molar refractivity (Wildman–Crippen MR) is 138 cm³/mol. The second kappa shape index (κ2) is 10.0. The van der Waals surface area contributed by atoms with Gasteiger partial charge in [-0.25, -0.2) is 4.68 Å². The molecule has 0 aliphatic carbocycles. The van der Waals surface area contributed by atoms with Gasteiger partial charge in [-0.2, -0.15) is 0 Å². The monoisotopic (exact) mass is 488 g/mol. The molecule has 178 valence electrons. The SMILES string of the molecule is Cc1ccc(NC(=O)c2cc3cc(Cl)ccc3n2NC(=O)C(=O)N[C@@H](C)c2ccccc2)cc1C. The minimum Gasteiger partial charge on any atom is -0.341 e. The van der Waals surface area contributed by atoms with Crippen LogP contribution in [0.4, 0.5) is 5.69 Å². The number of fused-ring (bicyclic) bond motifs is 1. The number of hydrogen-bond acceptors (Lipinski definition) is 3. The predicted octanol–water partition coefficient (Wildman–Crippen LogP) is 5.11. The Labute approximate surface area is 208 Å². The smallest absolute Gasteiger partial charge is 0.328 e. The first-order valence-corrected chi connectivity index (χ1v) is 11.5. The number of aryl methyl sites for hydroxylation is 2. The van der Waals surface area contributed by atoms with Crippen LogP contribution < -0.4 is 16.1 Å². The maximum Gasteiger partial charge on any atom is 0.328 e. The Bertz CT molecular complexity index is 1430. The van der Waals surface area contributed by atoms with Crippen LogP contribution in [0, 0.1) is 13.8 Å². The molecule has 0 radical (unpaired) electrons. The molecule has 0 fully saturated rings. The van der Waals surface area contributed by atoms with Gasteiger partial charge in [-0.3, -0.25) is 19.8 Å². The first-order chi connectivity index (χ1) is 16.7. The van der Waals surface area contributed by atoms with Crippen molar-refractivity contribution >= 4 is 45.9 Å². The van der Waals surface area contributed by atoms with E-state index in [1.165, 1.54) is 4.68 Å². The Morgan fingerprint density at radius 3 is 2.31 bits per heavy atom. The highest BCUT2D eigenvalue weighted by Crippen LogP contribution is 2.24. The standard InChI is InChI=1S/C27H25ClN4O3/c1-16-9-11-22(13-17(16)2)30-25(33)24-15-20-14-21(28)10-12-23(20)32(24)31-27(35)26(34)29-18(3)19-7-5-4-6-8-19/h4-15,18H,1-3H3,(H,29,34)(H,30,33)(H,31,35)/t18-/m0/s1. The maximum absolute atomic E-state index is 13.2. The van der Waals surface area contributed by atoms with Crippen molar-refractivity contribution in [2.75, 3.05) is 10.7 Å². The van der Waals surface area contributed by atoms with Crippen molar-refractivity contribution in [3.8, 4) is 0 Å². The van der Waals surface area contributed by atoms with Crippen molar-refractivity contribution in [1.82, 2.24) is 9.99 Å². The Morgan fingerprint density at radius 1 is 0.857 bits per heavy atom. The first kappa shape index (κ1) is 24.0. The molecule has 0 unspecified atom stereocenters. The van der Waals surface area contributed by atoms with Crippen molar-refractivity contribution < 1.29 is 14.4 Å². The van der Waals surface area contributed by atoms with Crippen molar-refractivity contribution in [3.63, 3.8) is 0 Å². The summed E-state index contributed by atoms with van der Waals surface area (Å²) in [6, 6.07) is 21.2. The number of aromatic nitrogens is 1. The molecule has 3 aromatic carbocycles. The zero-order chi connectivity index (χ0) is 25.1. The molecule has 0 spiro atoms. The van der Waals surface area contributed by atoms with E-state index in [1.807, 2.05) is 56.3 Å². The fourth-order valence-electron chi connectivity index (χ4n) is 3.73. The lowest BCUT2D eigenvalue weighted by molar-refractivity contribution is -0.137. The lowest BCUT2D eigenvalue weighted by Crippen LogP contribution is -2.40. The highest BCUT2D eigenvalue weighted by molar-refractivity contribution is 6.38. The van der Waals surface area contributed by atoms with Crippen molar-refractivity contribution in [3.05, 3.63) is 100 Å². The molecule has 0 aliphatic rings. The third kappa shape index (κ3) is 5.36. The number of rotatable bonds is 5. The quantitative estimate of drug-likeness (QED) is 0.341. The van der Waals surface area contributed by atoms with Crippen LogP contribution in [0.15, 0.2) is 72.8 Å². The molecule has 3 N–H and O–H groups in total. The summed E-state index contributed by atoms with van der Waals surface area (Å²) in [6.45, 7) is 5.73. The van der Waals surface area contributed by atoms with E-state index >= 15 is 0 Å². The van der Waals surface area contributed by atoms with Gasteiger partial charge in [0.05, 0.1) is 11.6 Å². The summed E-state index contributed by atoms with van der Waals surface area (Å²) in [4.78, 5) is 38.6. The maximum atomic E-state index is 13.2. The van der Waals surface area contributed by atoms with Gasteiger partial charge in [0, 0.05) is 16.1 Å². The van der Waals surface area contributed by atoms with E-state index in [-0.39, 0.29) is 11.7 Å². The van der Waals surface area contributed by atoms with Gasteiger partial charge in [0.1, 0.15) is 5.69 Å². The minimum atomic E-state index is -0.902. The highest BCUT2D eigenvalue weighted by Gasteiger charge is 2.22. The van der Waals surface area contributed by atoms with Crippen molar-refractivity contribution in [2.45, 2.75) is 26.8 Å². The number of anilines is 1. The van der Waals surface area contributed by atoms with Crippen LogP contribution in [0.1, 0.15) is 40.1 Å². The summed E-state index contributed by atoms with van der Waals surface area (Å²) < 4.78 is 1.30. The molecule has 1 heterocycles. The Morgan fingerprint density at radius 2 is 1.60 bits per heavy atom. The van der Waals surface area contributed by atoms with Gasteiger partial charge < -0.3 is 10.6 Å². The van der Waals surface area contributed by atoms with Crippen LogP contribution in [0.3, 0.4) is 0 Å². The topological polar surface area (TPSA) is 92.2 Å². The summed E-state index contributed by atoms with van der Waals surface area (Å²) in [5, 5.41) is 6.66. The lowest BCUT2D eigenvalue weighted by Gasteiger charge is -2.16. The molecule has 3 amide bonds. The molecule has 1 aromatic heterocycles. The van der Waals surface area contributed by atoms with E-state index in [0.717, 1.165) is 16.7 Å². The summed E-state index contributed by atoms with van der Waals surface area (Å²) in [5.41, 5.74) is 6.86. The van der Waals surface area contributed by atoms with Gasteiger partial charge in [0.15, 0.2) is 0 Å².